The topological polar surface area (TPSA) is 69.4 Å². The quantitative estimate of drug-likeness (QED) is 0.640. The Balaban J connectivity index is 2.07. The summed E-state index contributed by atoms with van der Waals surface area (Å²) in [5, 5.41) is 14.9. The monoisotopic (exact) mass is 250 g/mol. The maximum Gasteiger partial charge on any atom is 0.215 e. The minimum absolute atomic E-state index is 0.716. The van der Waals surface area contributed by atoms with Gasteiger partial charge in [-0.1, -0.05) is 0 Å². The largest absolute Gasteiger partial charge is 0.235 e. The molecule has 0 N–H and O–H groups in total. The Morgan fingerprint density at radius 3 is 3.12 bits per heavy atom. The molecular weight excluding hydrogens is 244 g/mol. The summed E-state index contributed by atoms with van der Waals surface area (Å²) in [5.74, 6) is 0. The summed E-state index contributed by atoms with van der Waals surface area (Å²) in [5.41, 5.74) is 0.956. The number of fused-ring (bicyclic) bond motifs is 1. The molecule has 0 unspecified atom stereocenters. The molecule has 3 rings (SSSR count). The average Bonchev–Trinajstić information content (AvgIpc) is 2.89. The highest BCUT2D eigenvalue weighted by Crippen LogP contribution is 2.31. The zero-order valence-electron chi connectivity index (χ0n) is 8.23. The van der Waals surface area contributed by atoms with Crippen LogP contribution in [0.1, 0.15) is 0 Å². The summed E-state index contributed by atoms with van der Waals surface area (Å²) in [7, 11) is 1.80. The number of rotatable bonds is 2. The summed E-state index contributed by atoms with van der Waals surface area (Å²) in [6.45, 7) is 0. The first-order chi connectivity index (χ1) is 7.84. The Hall–Kier alpha value is -1.54. The van der Waals surface area contributed by atoms with Crippen molar-refractivity contribution in [1.29, 1.82) is 0 Å². The van der Waals surface area contributed by atoms with E-state index in [1.807, 2.05) is 11.4 Å². The second-order valence-corrected chi connectivity index (χ2v) is 4.87. The van der Waals surface area contributed by atoms with Crippen LogP contribution in [-0.2, 0) is 7.05 Å². The van der Waals surface area contributed by atoms with Crippen LogP contribution in [0.5, 0.6) is 0 Å². The van der Waals surface area contributed by atoms with E-state index in [1.54, 1.807) is 29.4 Å². The molecule has 0 atom stereocenters. The Bertz CT molecular complexity index is 630. The van der Waals surface area contributed by atoms with Crippen LogP contribution < -0.4 is 0 Å². The highest BCUT2D eigenvalue weighted by Gasteiger charge is 2.10. The van der Waals surface area contributed by atoms with E-state index in [9.17, 15) is 0 Å². The number of hydrogen-bond donors (Lipinski definition) is 0. The Morgan fingerprint density at radius 1 is 1.38 bits per heavy atom. The normalized spacial score (nSPS) is 11.1. The van der Waals surface area contributed by atoms with Crippen molar-refractivity contribution in [2.75, 3.05) is 0 Å². The summed E-state index contributed by atoms with van der Waals surface area (Å²) in [6, 6.07) is 1.97. The number of hydrogen-bond acceptors (Lipinski definition) is 7. The zero-order valence-corrected chi connectivity index (χ0v) is 9.86. The molecule has 3 aromatic heterocycles. The molecule has 0 radical (unpaired) electrons. The van der Waals surface area contributed by atoms with Gasteiger partial charge in [-0.2, -0.15) is 0 Å². The third-order valence-electron chi connectivity index (χ3n) is 1.98. The van der Waals surface area contributed by atoms with Gasteiger partial charge in [0.2, 0.25) is 5.16 Å². The van der Waals surface area contributed by atoms with Crippen molar-refractivity contribution in [3.05, 3.63) is 17.8 Å². The van der Waals surface area contributed by atoms with Crippen molar-refractivity contribution >= 4 is 33.3 Å². The maximum absolute atomic E-state index is 4.25. The lowest BCUT2D eigenvalue weighted by atomic mass is 10.5. The average molecular weight is 250 g/mol. The molecule has 80 valence electrons. The molecule has 6 nitrogen and oxygen atoms in total. The summed E-state index contributed by atoms with van der Waals surface area (Å²) in [6.07, 6.45) is 1.56. The Kier molecular flexibility index (Phi) is 2.29. The fourth-order valence-corrected chi connectivity index (χ4v) is 2.95. The lowest BCUT2D eigenvalue weighted by molar-refractivity contribution is 0.664. The van der Waals surface area contributed by atoms with Crippen molar-refractivity contribution in [3.63, 3.8) is 0 Å². The minimum atomic E-state index is 0.716. The van der Waals surface area contributed by atoms with E-state index in [4.69, 9.17) is 0 Å². The van der Waals surface area contributed by atoms with Crippen molar-refractivity contribution in [1.82, 2.24) is 30.2 Å². The first-order valence-corrected chi connectivity index (χ1v) is 6.12. The molecule has 0 aromatic carbocycles. The van der Waals surface area contributed by atoms with Crippen LogP contribution >= 0.6 is 23.1 Å². The predicted octanol–water partition coefficient (Wildman–Crippen LogP) is 1.37. The third-order valence-corrected chi connectivity index (χ3v) is 4.05. The van der Waals surface area contributed by atoms with E-state index >= 15 is 0 Å². The molecule has 0 saturated heterocycles. The summed E-state index contributed by atoms with van der Waals surface area (Å²) < 4.78 is 2.68. The first kappa shape index (κ1) is 9.67. The van der Waals surface area contributed by atoms with Gasteiger partial charge in [0.1, 0.15) is 11.4 Å². The van der Waals surface area contributed by atoms with E-state index in [1.165, 1.54) is 11.8 Å². The number of nitrogens with zero attached hydrogens (tertiary/aromatic N) is 6. The van der Waals surface area contributed by atoms with Gasteiger partial charge in [-0.3, -0.25) is 0 Å². The van der Waals surface area contributed by atoms with Crippen LogP contribution in [0.4, 0.5) is 0 Å². The highest BCUT2D eigenvalue weighted by molar-refractivity contribution is 7.99. The Labute approximate surface area is 98.7 Å². The second-order valence-electron chi connectivity index (χ2n) is 3.00. The number of tetrazole rings is 1. The fourth-order valence-electron chi connectivity index (χ4n) is 1.23. The van der Waals surface area contributed by atoms with Gasteiger partial charge in [-0.25, -0.2) is 14.6 Å². The van der Waals surface area contributed by atoms with E-state index in [2.05, 4.69) is 25.5 Å². The third kappa shape index (κ3) is 1.55. The van der Waals surface area contributed by atoms with Crippen molar-refractivity contribution < 1.29 is 0 Å². The van der Waals surface area contributed by atoms with Gasteiger partial charge in [0, 0.05) is 7.05 Å². The maximum atomic E-state index is 4.25. The molecule has 0 amide bonds. The molecule has 0 bridgehead atoms. The molecule has 3 heterocycles. The molecule has 8 heteroatoms. The molecule has 0 aliphatic carbocycles. The first-order valence-electron chi connectivity index (χ1n) is 4.43. The number of aryl methyl sites for hydroxylation is 1. The van der Waals surface area contributed by atoms with Crippen LogP contribution in [0, 0.1) is 0 Å². The summed E-state index contributed by atoms with van der Waals surface area (Å²) >= 11 is 3.06. The molecule has 0 saturated carbocycles. The minimum Gasteiger partial charge on any atom is -0.235 e. The van der Waals surface area contributed by atoms with Crippen molar-refractivity contribution in [2.24, 2.45) is 7.05 Å². The van der Waals surface area contributed by atoms with E-state index < -0.39 is 0 Å². The van der Waals surface area contributed by atoms with Gasteiger partial charge < -0.3 is 0 Å². The van der Waals surface area contributed by atoms with Gasteiger partial charge in [0.25, 0.3) is 0 Å². The molecular formula is C8H6N6S2. The van der Waals surface area contributed by atoms with Crippen LogP contribution in [0.3, 0.4) is 0 Å². The molecule has 0 fully saturated rings. The fraction of sp³-hybridized carbons (Fsp3) is 0.125. The predicted molar refractivity (Wildman–Crippen MR) is 60.3 cm³/mol. The molecule has 0 aliphatic heterocycles. The van der Waals surface area contributed by atoms with Gasteiger partial charge in [-0.15, -0.1) is 16.4 Å². The number of thiophene rings is 1. The van der Waals surface area contributed by atoms with Gasteiger partial charge >= 0.3 is 0 Å². The lowest BCUT2D eigenvalue weighted by Crippen LogP contribution is -1.93. The standard InChI is InChI=1S/C8H6N6S2/c1-14-8(11-12-13-14)16-7-6-5(2-3-15-6)9-4-10-7/h2-4H,1H3. The smallest absolute Gasteiger partial charge is 0.215 e. The van der Waals surface area contributed by atoms with E-state index in [0.29, 0.717) is 5.16 Å². The van der Waals surface area contributed by atoms with Crippen molar-refractivity contribution in [3.8, 4) is 0 Å². The lowest BCUT2D eigenvalue weighted by Gasteiger charge is -1.98. The van der Waals surface area contributed by atoms with Crippen molar-refractivity contribution in [2.45, 2.75) is 10.2 Å². The van der Waals surface area contributed by atoms with Crippen LogP contribution in [0.2, 0.25) is 0 Å². The van der Waals surface area contributed by atoms with Crippen LogP contribution in [0.25, 0.3) is 10.2 Å². The van der Waals surface area contributed by atoms with Gasteiger partial charge in [0.05, 0.1) is 10.2 Å². The Morgan fingerprint density at radius 2 is 2.31 bits per heavy atom. The molecule has 0 spiro atoms. The molecule has 0 aliphatic rings. The van der Waals surface area contributed by atoms with E-state index in [-0.39, 0.29) is 0 Å². The highest BCUT2D eigenvalue weighted by atomic mass is 32.2. The SMILES string of the molecule is Cn1nnnc1Sc1ncnc2ccsc12. The van der Waals surface area contributed by atoms with Crippen LogP contribution in [-0.4, -0.2) is 30.2 Å². The second kappa shape index (κ2) is 3.80. The molecule has 3 aromatic rings. The van der Waals surface area contributed by atoms with Crippen LogP contribution in [0.15, 0.2) is 28.0 Å². The number of aromatic nitrogens is 6. The van der Waals surface area contributed by atoms with Gasteiger partial charge in [-0.05, 0) is 33.6 Å². The molecule has 16 heavy (non-hydrogen) atoms. The summed E-state index contributed by atoms with van der Waals surface area (Å²) in [4.78, 5) is 8.43. The zero-order chi connectivity index (χ0) is 11.0. The van der Waals surface area contributed by atoms with E-state index in [0.717, 1.165) is 15.2 Å². The van der Waals surface area contributed by atoms with Gasteiger partial charge in [0.15, 0.2) is 0 Å².